The summed E-state index contributed by atoms with van der Waals surface area (Å²) in [7, 11) is 1.84. The van der Waals surface area contributed by atoms with Crippen LogP contribution in [0.5, 0.6) is 0 Å². The summed E-state index contributed by atoms with van der Waals surface area (Å²) in [6.07, 6.45) is 11.4. The van der Waals surface area contributed by atoms with Gasteiger partial charge in [0.1, 0.15) is 0 Å². The van der Waals surface area contributed by atoms with Crippen molar-refractivity contribution in [3.63, 3.8) is 0 Å². The van der Waals surface area contributed by atoms with Crippen LogP contribution < -0.4 is 0 Å². The predicted octanol–water partition coefficient (Wildman–Crippen LogP) is 3.54. The Bertz CT molecular complexity index is 76.2. The van der Waals surface area contributed by atoms with Gasteiger partial charge >= 0.3 is 15.6 Å². The summed E-state index contributed by atoms with van der Waals surface area (Å²) < 4.78 is 5.14. The Labute approximate surface area is 90.3 Å². The Kier molecular flexibility index (Phi) is 13.0. The van der Waals surface area contributed by atoms with Crippen molar-refractivity contribution in [2.24, 2.45) is 0 Å². The van der Waals surface area contributed by atoms with Crippen molar-refractivity contribution in [3.8, 4) is 0 Å². The molecule has 0 atom stereocenters. The van der Waals surface area contributed by atoms with E-state index in [1.54, 1.807) is 0 Å². The Morgan fingerprint density at radius 3 is 1.92 bits per heavy atom. The molecule has 0 aliphatic carbocycles. The molecule has 0 rings (SSSR count). The lowest BCUT2D eigenvalue weighted by Gasteiger charge is -2.00. The highest BCUT2D eigenvalue weighted by atomic mass is 27.1. The van der Waals surface area contributed by atoms with Crippen molar-refractivity contribution in [3.05, 3.63) is 0 Å². The minimum Gasteiger partial charge on any atom is -0.506 e. The van der Waals surface area contributed by atoms with Crippen LogP contribution in [0.2, 0.25) is 5.28 Å². The summed E-state index contributed by atoms with van der Waals surface area (Å²) in [6, 6.07) is 0. The number of hydrogen-bond donors (Lipinski definition) is 0. The van der Waals surface area contributed by atoms with Crippen LogP contribution in [0.25, 0.3) is 0 Å². The van der Waals surface area contributed by atoms with Crippen molar-refractivity contribution in [1.82, 2.24) is 0 Å². The minimum atomic E-state index is -0.126. The summed E-state index contributed by atoms with van der Waals surface area (Å²) in [5, 5.41) is 1.38. The van der Waals surface area contributed by atoms with Gasteiger partial charge in [-0.15, -0.1) is 0 Å². The Morgan fingerprint density at radius 1 is 0.846 bits per heavy atom. The first-order valence-electron chi connectivity index (χ1n) is 5.90. The van der Waals surface area contributed by atoms with Crippen LogP contribution in [0.1, 0.15) is 58.3 Å². The van der Waals surface area contributed by atoms with Gasteiger partial charge in [-0.1, -0.05) is 63.6 Å². The maximum absolute atomic E-state index is 5.14. The lowest BCUT2D eigenvalue weighted by molar-refractivity contribution is 0.438. The molecule has 0 heterocycles. The highest BCUT2D eigenvalue weighted by molar-refractivity contribution is 6.26. The van der Waals surface area contributed by atoms with E-state index in [0.717, 1.165) is 0 Å². The average molecular weight is 200 g/mol. The van der Waals surface area contributed by atoms with Crippen LogP contribution in [0, 0.1) is 0 Å². The smallest absolute Gasteiger partial charge is 0.435 e. The molecule has 0 aliphatic rings. The van der Waals surface area contributed by atoms with E-state index in [0.29, 0.717) is 0 Å². The van der Waals surface area contributed by atoms with Gasteiger partial charge in [-0.3, -0.25) is 0 Å². The standard InChI is InChI=1S/C10H21.CH3O.Al.H/c1-3-5-7-9-10-8-6-4-2;1-2;;/h1,3-10H2,2H3;1H3;;/q;-1;+1;. The van der Waals surface area contributed by atoms with E-state index in [4.69, 9.17) is 3.79 Å². The van der Waals surface area contributed by atoms with E-state index in [-0.39, 0.29) is 15.6 Å². The van der Waals surface area contributed by atoms with Crippen molar-refractivity contribution >= 4 is 15.6 Å². The molecule has 0 saturated carbocycles. The molecule has 0 N–H and O–H groups in total. The molecule has 1 nitrogen and oxygen atoms in total. The minimum absolute atomic E-state index is 0.126. The molecular formula is C11H25AlO. The van der Waals surface area contributed by atoms with Gasteiger partial charge in [-0.25, -0.2) is 0 Å². The second-order valence-corrected chi connectivity index (χ2v) is 5.51. The van der Waals surface area contributed by atoms with Gasteiger partial charge in [0.2, 0.25) is 0 Å². The average Bonchev–Trinajstić information content (AvgIpc) is 2.16. The maximum Gasteiger partial charge on any atom is 0.435 e. The van der Waals surface area contributed by atoms with E-state index in [1.807, 2.05) is 7.11 Å². The Hall–Kier alpha value is 0.492. The predicted molar refractivity (Wildman–Crippen MR) is 61.6 cm³/mol. The van der Waals surface area contributed by atoms with Gasteiger partial charge in [-0.2, -0.15) is 0 Å². The third-order valence-corrected chi connectivity index (χ3v) is 3.65. The van der Waals surface area contributed by atoms with E-state index < -0.39 is 0 Å². The molecule has 0 aliphatic heterocycles. The second-order valence-electron chi connectivity index (χ2n) is 3.82. The molecule has 0 fully saturated rings. The molecule has 0 amide bonds. The normalized spacial score (nSPS) is 10.3. The van der Waals surface area contributed by atoms with Gasteiger partial charge in [0.15, 0.2) is 0 Å². The van der Waals surface area contributed by atoms with E-state index in [9.17, 15) is 0 Å². The van der Waals surface area contributed by atoms with Gasteiger partial charge < -0.3 is 3.79 Å². The topological polar surface area (TPSA) is 9.23 Å². The first-order chi connectivity index (χ1) is 6.41. The highest BCUT2D eigenvalue weighted by Crippen LogP contribution is 2.09. The SMILES string of the molecule is CCCCCCCCC[CH2][AlH][O]C. The number of hydrogen-bond acceptors (Lipinski definition) is 1. The van der Waals surface area contributed by atoms with Crippen LogP contribution in [0.15, 0.2) is 0 Å². The van der Waals surface area contributed by atoms with Crippen molar-refractivity contribution in [2.45, 2.75) is 63.6 Å². The fourth-order valence-corrected chi connectivity index (χ4v) is 2.40. The third-order valence-electron chi connectivity index (χ3n) is 2.45. The Balaban J connectivity index is 2.76. The van der Waals surface area contributed by atoms with Gasteiger partial charge in [-0.05, 0) is 0 Å². The molecule has 2 heteroatoms. The van der Waals surface area contributed by atoms with Gasteiger partial charge in [0, 0.05) is 7.11 Å². The van der Waals surface area contributed by atoms with Crippen LogP contribution in [-0.4, -0.2) is 22.7 Å². The summed E-state index contributed by atoms with van der Waals surface area (Å²) in [4.78, 5) is 0. The largest absolute Gasteiger partial charge is 0.506 e. The molecule has 0 aromatic heterocycles. The summed E-state index contributed by atoms with van der Waals surface area (Å²) >= 11 is -0.126. The van der Waals surface area contributed by atoms with Crippen LogP contribution in [0.3, 0.4) is 0 Å². The van der Waals surface area contributed by atoms with E-state index in [2.05, 4.69) is 6.92 Å². The fourth-order valence-electron chi connectivity index (χ4n) is 1.56. The summed E-state index contributed by atoms with van der Waals surface area (Å²) in [5.41, 5.74) is 0. The van der Waals surface area contributed by atoms with Crippen molar-refractivity contribution in [2.75, 3.05) is 7.11 Å². The number of rotatable bonds is 10. The van der Waals surface area contributed by atoms with E-state index >= 15 is 0 Å². The van der Waals surface area contributed by atoms with Crippen molar-refractivity contribution in [1.29, 1.82) is 0 Å². The highest BCUT2D eigenvalue weighted by Gasteiger charge is 1.93. The molecule has 0 spiro atoms. The molecule has 0 unspecified atom stereocenters. The van der Waals surface area contributed by atoms with Crippen LogP contribution >= 0.6 is 0 Å². The fraction of sp³-hybridized carbons (Fsp3) is 1.00. The molecule has 0 saturated heterocycles. The summed E-state index contributed by atoms with van der Waals surface area (Å²) in [5.74, 6) is 0. The first-order valence-corrected chi connectivity index (χ1v) is 7.48. The van der Waals surface area contributed by atoms with Gasteiger partial charge in [0.05, 0.1) is 0 Å². The molecule has 0 aromatic carbocycles. The quantitative estimate of drug-likeness (QED) is 0.387. The Morgan fingerprint density at radius 2 is 1.38 bits per heavy atom. The second kappa shape index (κ2) is 12.5. The van der Waals surface area contributed by atoms with Crippen LogP contribution in [-0.2, 0) is 3.79 Å². The van der Waals surface area contributed by atoms with E-state index in [1.165, 1.54) is 56.6 Å². The maximum atomic E-state index is 5.14. The zero-order valence-corrected chi connectivity index (χ0v) is 10.9. The molecule has 13 heavy (non-hydrogen) atoms. The third kappa shape index (κ3) is 12.5. The zero-order chi connectivity index (χ0) is 9.78. The summed E-state index contributed by atoms with van der Waals surface area (Å²) in [6.45, 7) is 2.27. The number of unbranched alkanes of at least 4 members (excludes halogenated alkanes) is 7. The molecule has 0 aromatic rings. The van der Waals surface area contributed by atoms with Crippen LogP contribution in [0.4, 0.5) is 0 Å². The first kappa shape index (κ1) is 13.5. The monoisotopic (exact) mass is 200 g/mol. The molecular weight excluding hydrogens is 175 g/mol. The van der Waals surface area contributed by atoms with Gasteiger partial charge in [0.25, 0.3) is 0 Å². The molecule has 0 bridgehead atoms. The molecule has 78 valence electrons. The lowest BCUT2D eigenvalue weighted by Crippen LogP contribution is -1.91. The lowest BCUT2D eigenvalue weighted by atomic mass is 10.1. The van der Waals surface area contributed by atoms with Crippen molar-refractivity contribution < 1.29 is 3.79 Å². The molecule has 0 radical (unpaired) electrons. The zero-order valence-electron chi connectivity index (χ0n) is 9.48.